The van der Waals surface area contributed by atoms with Crippen molar-refractivity contribution in [2.24, 2.45) is 5.10 Å². The highest BCUT2D eigenvalue weighted by atomic mass is 16.6. The summed E-state index contributed by atoms with van der Waals surface area (Å²) in [5, 5.41) is 5.93. The molecule has 34 heavy (non-hydrogen) atoms. The van der Waals surface area contributed by atoms with Gasteiger partial charge in [-0.1, -0.05) is 54.6 Å². The zero-order valence-electron chi connectivity index (χ0n) is 18.4. The first-order valence-corrected chi connectivity index (χ1v) is 10.5. The van der Waals surface area contributed by atoms with Gasteiger partial charge in [-0.05, 0) is 47.3 Å². The zero-order valence-corrected chi connectivity index (χ0v) is 18.4. The molecule has 0 aromatic heterocycles. The number of rotatable bonds is 8. The number of hydrogen-bond acceptors (Lipinski definition) is 6. The topological polar surface area (TPSA) is 86.2 Å². The number of carbonyl (C=O) groups excluding carboxylic acids is 2. The van der Waals surface area contributed by atoms with Crippen LogP contribution in [0.2, 0.25) is 0 Å². The molecule has 0 saturated heterocycles. The van der Waals surface area contributed by atoms with Gasteiger partial charge >= 0.3 is 5.97 Å². The maximum atomic E-state index is 12.3. The standard InChI is InChI=1S/C27H22N2O5/c1-32-25-16-19(14-15-24(25)34-27(31)21-9-3-2-4-10-21)17-28-29-26(30)18-33-23-13-7-11-20-8-5-6-12-22(20)23/h2-17H,18H2,1H3,(H,29,30). The summed E-state index contributed by atoms with van der Waals surface area (Å²) < 4.78 is 16.4. The summed E-state index contributed by atoms with van der Waals surface area (Å²) in [6.45, 7) is -0.178. The third-order valence-corrected chi connectivity index (χ3v) is 4.91. The van der Waals surface area contributed by atoms with Crippen molar-refractivity contribution < 1.29 is 23.8 Å². The molecule has 1 N–H and O–H groups in total. The quantitative estimate of drug-likeness (QED) is 0.182. The number of esters is 1. The molecule has 0 spiro atoms. The molecule has 4 aromatic rings. The maximum Gasteiger partial charge on any atom is 0.343 e. The van der Waals surface area contributed by atoms with Gasteiger partial charge in [0.1, 0.15) is 5.75 Å². The number of ether oxygens (including phenoxy) is 3. The highest BCUT2D eigenvalue weighted by Crippen LogP contribution is 2.28. The Morgan fingerprint density at radius 2 is 1.62 bits per heavy atom. The van der Waals surface area contributed by atoms with E-state index in [9.17, 15) is 9.59 Å². The number of amides is 1. The van der Waals surface area contributed by atoms with E-state index >= 15 is 0 Å². The van der Waals surface area contributed by atoms with E-state index in [2.05, 4.69) is 10.5 Å². The first kappa shape index (κ1) is 22.5. The molecular weight excluding hydrogens is 432 g/mol. The molecule has 0 unspecified atom stereocenters. The van der Waals surface area contributed by atoms with Crippen LogP contribution in [-0.2, 0) is 4.79 Å². The molecule has 4 rings (SSSR count). The van der Waals surface area contributed by atoms with Crippen molar-refractivity contribution in [3.8, 4) is 17.2 Å². The molecule has 0 aliphatic carbocycles. The molecule has 0 saturated carbocycles. The fraction of sp³-hybridized carbons (Fsp3) is 0.0741. The summed E-state index contributed by atoms with van der Waals surface area (Å²) in [5.41, 5.74) is 3.51. The van der Waals surface area contributed by atoms with E-state index in [1.54, 1.807) is 42.5 Å². The molecule has 1 amide bonds. The van der Waals surface area contributed by atoms with Crippen molar-refractivity contribution >= 4 is 28.9 Å². The Kier molecular flexibility index (Phi) is 7.15. The highest BCUT2D eigenvalue weighted by Gasteiger charge is 2.12. The lowest BCUT2D eigenvalue weighted by atomic mass is 10.1. The molecule has 0 aliphatic rings. The van der Waals surface area contributed by atoms with E-state index in [1.807, 2.05) is 48.5 Å². The summed E-state index contributed by atoms with van der Waals surface area (Å²) in [4.78, 5) is 24.4. The van der Waals surface area contributed by atoms with Crippen LogP contribution in [0.15, 0.2) is 96.1 Å². The summed E-state index contributed by atoms with van der Waals surface area (Å²) in [7, 11) is 1.47. The lowest BCUT2D eigenvalue weighted by Gasteiger charge is -2.10. The van der Waals surface area contributed by atoms with Gasteiger partial charge in [-0.3, -0.25) is 4.79 Å². The fourth-order valence-corrected chi connectivity index (χ4v) is 3.26. The first-order chi connectivity index (χ1) is 16.6. The van der Waals surface area contributed by atoms with Crippen LogP contribution in [0.4, 0.5) is 0 Å². The van der Waals surface area contributed by atoms with Crippen LogP contribution in [0.5, 0.6) is 17.2 Å². The van der Waals surface area contributed by atoms with Gasteiger partial charge in [0.2, 0.25) is 0 Å². The Hall–Kier alpha value is -4.65. The van der Waals surface area contributed by atoms with Crippen LogP contribution in [0.1, 0.15) is 15.9 Å². The maximum absolute atomic E-state index is 12.3. The molecule has 0 heterocycles. The third-order valence-electron chi connectivity index (χ3n) is 4.91. The first-order valence-electron chi connectivity index (χ1n) is 10.5. The van der Waals surface area contributed by atoms with Crippen LogP contribution < -0.4 is 19.6 Å². The fourth-order valence-electron chi connectivity index (χ4n) is 3.26. The van der Waals surface area contributed by atoms with Crippen molar-refractivity contribution in [2.75, 3.05) is 13.7 Å². The van der Waals surface area contributed by atoms with E-state index < -0.39 is 11.9 Å². The molecular formula is C27H22N2O5. The number of nitrogens with one attached hydrogen (secondary N) is 1. The minimum absolute atomic E-state index is 0.178. The highest BCUT2D eigenvalue weighted by molar-refractivity contribution is 5.92. The average Bonchev–Trinajstić information content (AvgIpc) is 2.88. The number of carbonyl (C=O) groups is 2. The minimum atomic E-state index is -0.487. The number of hydrogen-bond donors (Lipinski definition) is 1. The molecule has 170 valence electrons. The molecule has 7 nitrogen and oxygen atoms in total. The Morgan fingerprint density at radius 1 is 0.853 bits per heavy atom. The summed E-state index contributed by atoms with van der Waals surface area (Å²) in [5.74, 6) is 0.380. The molecule has 4 aromatic carbocycles. The van der Waals surface area contributed by atoms with E-state index in [-0.39, 0.29) is 12.4 Å². The van der Waals surface area contributed by atoms with Crippen LogP contribution in [0.3, 0.4) is 0 Å². The van der Waals surface area contributed by atoms with Gasteiger partial charge in [-0.15, -0.1) is 0 Å². The van der Waals surface area contributed by atoms with Gasteiger partial charge in [-0.25, -0.2) is 10.2 Å². The summed E-state index contributed by atoms with van der Waals surface area (Å²) >= 11 is 0. The van der Waals surface area contributed by atoms with Gasteiger partial charge in [0, 0.05) is 5.39 Å². The van der Waals surface area contributed by atoms with Crippen molar-refractivity contribution in [3.63, 3.8) is 0 Å². The normalized spacial score (nSPS) is 10.7. The number of fused-ring (bicyclic) bond motifs is 1. The van der Waals surface area contributed by atoms with Crippen LogP contribution >= 0.6 is 0 Å². The Labute approximate surface area is 196 Å². The summed E-state index contributed by atoms with van der Waals surface area (Å²) in [6, 6.07) is 27.1. The van der Waals surface area contributed by atoms with Gasteiger partial charge in [0.15, 0.2) is 18.1 Å². The number of methoxy groups -OCH3 is 1. The van der Waals surface area contributed by atoms with Crippen molar-refractivity contribution in [1.29, 1.82) is 0 Å². The van der Waals surface area contributed by atoms with Gasteiger partial charge in [-0.2, -0.15) is 5.10 Å². The van der Waals surface area contributed by atoms with Crippen molar-refractivity contribution in [1.82, 2.24) is 5.43 Å². The molecule has 0 bridgehead atoms. The van der Waals surface area contributed by atoms with Crippen LogP contribution in [0.25, 0.3) is 10.8 Å². The number of nitrogens with zero attached hydrogens (tertiary/aromatic N) is 1. The van der Waals surface area contributed by atoms with E-state index in [4.69, 9.17) is 14.2 Å². The summed E-state index contributed by atoms with van der Waals surface area (Å²) in [6.07, 6.45) is 1.46. The minimum Gasteiger partial charge on any atom is -0.493 e. The van der Waals surface area contributed by atoms with E-state index in [0.717, 1.165) is 10.8 Å². The molecule has 7 heteroatoms. The predicted octanol–water partition coefficient (Wildman–Crippen LogP) is 4.60. The Morgan fingerprint density at radius 3 is 2.44 bits per heavy atom. The van der Waals surface area contributed by atoms with E-state index in [1.165, 1.54) is 13.3 Å². The van der Waals surface area contributed by atoms with Crippen molar-refractivity contribution in [3.05, 3.63) is 102 Å². The molecule has 0 atom stereocenters. The lowest BCUT2D eigenvalue weighted by Crippen LogP contribution is -2.24. The second kappa shape index (κ2) is 10.8. The third kappa shape index (κ3) is 5.58. The number of benzene rings is 4. The van der Waals surface area contributed by atoms with Gasteiger partial charge in [0.05, 0.1) is 18.9 Å². The van der Waals surface area contributed by atoms with Crippen LogP contribution in [0, 0.1) is 0 Å². The zero-order chi connectivity index (χ0) is 23.8. The SMILES string of the molecule is COc1cc(C=NNC(=O)COc2cccc3ccccc23)ccc1OC(=O)c1ccccc1. The van der Waals surface area contributed by atoms with Crippen LogP contribution in [-0.4, -0.2) is 31.8 Å². The van der Waals surface area contributed by atoms with Gasteiger partial charge < -0.3 is 14.2 Å². The largest absolute Gasteiger partial charge is 0.493 e. The smallest absolute Gasteiger partial charge is 0.343 e. The van der Waals surface area contributed by atoms with Gasteiger partial charge in [0.25, 0.3) is 5.91 Å². The van der Waals surface area contributed by atoms with Crippen molar-refractivity contribution in [2.45, 2.75) is 0 Å². The Balaban J connectivity index is 1.34. The Bertz CT molecular complexity index is 1330. The van der Waals surface area contributed by atoms with E-state index in [0.29, 0.717) is 22.6 Å². The predicted molar refractivity (Wildman–Crippen MR) is 130 cm³/mol. The number of hydrazone groups is 1. The molecule has 0 fully saturated rings. The lowest BCUT2D eigenvalue weighted by molar-refractivity contribution is -0.123. The second-order valence-electron chi connectivity index (χ2n) is 7.22. The second-order valence-corrected chi connectivity index (χ2v) is 7.22. The molecule has 0 aliphatic heterocycles. The monoisotopic (exact) mass is 454 g/mol. The average molecular weight is 454 g/mol. The molecule has 0 radical (unpaired) electrons.